The number of hydrogen-bond acceptors (Lipinski definition) is 6. The molecule has 0 saturated carbocycles. The lowest BCUT2D eigenvalue weighted by Gasteiger charge is -2.07. The summed E-state index contributed by atoms with van der Waals surface area (Å²) in [5.41, 5.74) is 0. The second-order valence-electron chi connectivity index (χ2n) is 4.35. The van der Waals surface area contributed by atoms with Crippen LogP contribution >= 0.6 is 0 Å². The van der Waals surface area contributed by atoms with E-state index in [-0.39, 0.29) is 24.1 Å². The normalized spacial score (nSPS) is 11.8. The number of sulfonamides is 1. The fourth-order valence-electron chi connectivity index (χ4n) is 1.39. The van der Waals surface area contributed by atoms with Crippen molar-refractivity contribution in [2.75, 3.05) is 40.5 Å². The van der Waals surface area contributed by atoms with Gasteiger partial charge in [0.25, 0.3) is 15.9 Å². The number of nitrogens with one attached hydrogen (secondary N) is 1. The lowest BCUT2D eigenvalue weighted by molar-refractivity contribution is 0.0853. The van der Waals surface area contributed by atoms with Gasteiger partial charge in [0.05, 0.1) is 13.2 Å². The van der Waals surface area contributed by atoms with Gasteiger partial charge in [-0.2, -0.15) is 0 Å². The van der Waals surface area contributed by atoms with Crippen molar-refractivity contribution < 1.29 is 27.5 Å². The quantitative estimate of drug-likeness (QED) is 0.602. The van der Waals surface area contributed by atoms with Gasteiger partial charge in [0.1, 0.15) is 0 Å². The monoisotopic (exact) mass is 320 g/mol. The SMILES string of the molecule is CN(C)S(=O)(=O)c1ccc(C(=O)NCCCOCCO)o1. The number of furan rings is 1. The average Bonchev–Trinajstić information content (AvgIpc) is 2.92. The highest BCUT2D eigenvalue weighted by molar-refractivity contribution is 7.88. The summed E-state index contributed by atoms with van der Waals surface area (Å²) >= 11 is 0. The maximum absolute atomic E-state index is 11.8. The Morgan fingerprint density at radius 2 is 2.10 bits per heavy atom. The summed E-state index contributed by atoms with van der Waals surface area (Å²) in [6.07, 6.45) is 0.579. The van der Waals surface area contributed by atoms with Gasteiger partial charge in [-0.25, -0.2) is 12.7 Å². The number of carbonyl (C=O) groups excluding carboxylic acids is 1. The predicted octanol–water partition coefficient (Wildman–Crippen LogP) is -0.341. The van der Waals surface area contributed by atoms with E-state index in [1.54, 1.807) is 0 Å². The molecule has 1 heterocycles. The fourth-order valence-corrected chi connectivity index (χ4v) is 2.19. The van der Waals surface area contributed by atoms with Crippen LogP contribution in [0.3, 0.4) is 0 Å². The van der Waals surface area contributed by atoms with Crippen LogP contribution in [-0.2, 0) is 14.8 Å². The van der Waals surface area contributed by atoms with Gasteiger partial charge in [0.15, 0.2) is 5.76 Å². The number of aliphatic hydroxyl groups is 1. The number of amides is 1. The Bertz CT molecular complexity index is 552. The van der Waals surface area contributed by atoms with E-state index in [1.165, 1.54) is 26.2 Å². The van der Waals surface area contributed by atoms with Gasteiger partial charge < -0.3 is 19.6 Å². The minimum atomic E-state index is -3.68. The maximum atomic E-state index is 11.8. The molecule has 1 aromatic heterocycles. The van der Waals surface area contributed by atoms with Crippen molar-refractivity contribution >= 4 is 15.9 Å². The molecule has 0 fully saturated rings. The zero-order chi connectivity index (χ0) is 15.9. The summed E-state index contributed by atoms with van der Waals surface area (Å²) in [4.78, 5) is 11.7. The molecule has 21 heavy (non-hydrogen) atoms. The first-order valence-electron chi connectivity index (χ1n) is 6.38. The van der Waals surface area contributed by atoms with Crippen molar-refractivity contribution in [3.05, 3.63) is 17.9 Å². The number of hydrogen-bond donors (Lipinski definition) is 2. The average molecular weight is 320 g/mol. The Balaban J connectivity index is 2.48. The lowest BCUT2D eigenvalue weighted by atomic mass is 10.4. The third kappa shape index (κ3) is 5.12. The largest absolute Gasteiger partial charge is 0.438 e. The van der Waals surface area contributed by atoms with Crippen molar-refractivity contribution in [1.82, 2.24) is 9.62 Å². The third-order valence-corrected chi connectivity index (χ3v) is 4.22. The highest BCUT2D eigenvalue weighted by Crippen LogP contribution is 2.16. The molecule has 0 unspecified atom stereocenters. The van der Waals surface area contributed by atoms with Crippen molar-refractivity contribution in [3.8, 4) is 0 Å². The Labute approximate surface area is 123 Å². The van der Waals surface area contributed by atoms with E-state index >= 15 is 0 Å². The summed E-state index contributed by atoms with van der Waals surface area (Å²) in [6.45, 7) is 1.000. The summed E-state index contributed by atoms with van der Waals surface area (Å²) in [6, 6.07) is 2.56. The highest BCUT2D eigenvalue weighted by atomic mass is 32.2. The first kappa shape index (κ1) is 17.6. The van der Waals surface area contributed by atoms with Crippen LogP contribution in [0.25, 0.3) is 0 Å². The molecular formula is C12H20N2O6S. The molecule has 0 aliphatic heterocycles. The number of nitrogens with zero attached hydrogens (tertiary/aromatic N) is 1. The second-order valence-corrected chi connectivity index (χ2v) is 6.43. The number of ether oxygens (including phenoxy) is 1. The third-order valence-electron chi connectivity index (χ3n) is 2.53. The molecule has 1 rings (SSSR count). The van der Waals surface area contributed by atoms with E-state index in [1.807, 2.05) is 0 Å². The summed E-state index contributed by atoms with van der Waals surface area (Å²) in [5.74, 6) is -0.552. The fraction of sp³-hybridized carbons (Fsp3) is 0.583. The van der Waals surface area contributed by atoms with Crippen LogP contribution in [0.4, 0.5) is 0 Å². The van der Waals surface area contributed by atoms with Crippen molar-refractivity contribution in [2.24, 2.45) is 0 Å². The molecule has 8 nitrogen and oxygen atoms in total. The molecule has 1 amide bonds. The molecule has 0 spiro atoms. The smallest absolute Gasteiger partial charge is 0.287 e. The van der Waals surface area contributed by atoms with Gasteiger partial charge in [-0.15, -0.1) is 0 Å². The molecule has 2 N–H and O–H groups in total. The Hall–Kier alpha value is -1.42. The van der Waals surface area contributed by atoms with Crippen LogP contribution in [-0.4, -0.2) is 64.2 Å². The van der Waals surface area contributed by atoms with E-state index in [2.05, 4.69) is 5.32 Å². The maximum Gasteiger partial charge on any atom is 0.287 e. The van der Waals surface area contributed by atoms with Crippen molar-refractivity contribution in [3.63, 3.8) is 0 Å². The first-order chi connectivity index (χ1) is 9.89. The van der Waals surface area contributed by atoms with E-state index in [9.17, 15) is 13.2 Å². The Kier molecular flexibility index (Phi) is 6.82. The van der Waals surface area contributed by atoms with E-state index in [0.717, 1.165) is 4.31 Å². The molecule has 120 valence electrons. The molecule has 1 aromatic rings. The van der Waals surface area contributed by atoms with Gasteiger partial charge in [-0.1, -0.05) is 0 Å². The van der Waals surface area contributed by atoms with Crippen LogP contribution in [0, 0.1) is 0 Å². The van der Waals surface area contributed by atoms with E-state index in [0.29, 0.717) is 19.6 Å². The molecular weight excluding hydrogens is 300 g/mol. The van der Waals surface area contributed by atoms with Gasteiger partial charge in [-0.05, 0) is 18.6 Å². The first-order valence-corrected chi connectivity index (χ1v) is 7.82. The van der Waals surface area contributed by atoms with Crippen molar-refractivity contribution in [2.45, 2.75) is 11.5 Å². The van der Waals surface area contributed by atoms with E-state index in [4.69, 9.17) is 14.3 Å². The van der Waals surface area contributed by atoms with Gasteiger partial charge in [-0.3, -0.25) is 4.79 Å². The summed E-state index contributed by atoms with van der Waals surface area (Å²) in [7, 11) is -0.924. The standard InChI is InChI=1S/C12H20N2O6S/c1-14(2)21(17,18)11-5-4-10(20-11)12(16)13-6-3-8-19-9-7-15/h4-5,15H,3,6-9H2,1-2H3,(H,13,16). The minimum Gasteiger partial charge on any atom is -0.438 e. The van der Waals surface area contributed by atoms with Gasteiger partial charge in [0, 0.05) is 27.2 Å². The molecule has 0 bridgehead atoms. The Morgan fingerprint density at radius 1 is 1.38 bits per heavy atom. The number of carbonyl (C=O) groups is 1. The molecule has 0 atom stereocenters. The van der Waals surface area contributed by atoms with Crippen LogP contribution in [0.2, 0.25) is 0 Å². The topological polar surface area (TPSA) is 109 Å². The highest BCUT2D eigenvalue weighted by Gasteiger charge is 2.23. The molecule has 9 heteroatoms. The zero-order valence-corrected chi connectivity index (χ0v) is 12.9. The molecule has 0 aliphatic rings. The summed E-state index contributed by atoms with van der Waals surface area (Å²) in [5, 5.41) is 10.8. The second kappa shape index (κ2) is 8.13. The number of rotatable bonds is 9. The van der Waals surface area contributed by atoms with Crippen LogP contribution in [0.5, 0.6) is 0 Å². The van der Waals surface area contributed by atoms with Crippen LogP contribution in [0.1, 0.15) is 17.0 Å². The molecule has 0 aromatic carbocycles. The zero-order valence-electron chi connectivity index (χ0n) is 12.0. The molecule has 0 aliphatic carbocycles. The van der Waals surface area contributed by atoms with E-state index < -0.39 is 15.9 Å². The molecule has 0 radical (unpaired) electrons. The van der Waals surface area contributed by atoms with Crippen molar-refractivity contribution in [1.29, 1.82) is 0 Å². The van der Waals surface area contributed by atoms with Crippen LogP contribution < -0.4 is 5.32 Å². The summed E-state index contributed by atoms with van der Waals surface area (Å²) < 4.78 is 34.7. The molecule has 0 saturated heterocycles. The van der Waals surface area contributed by atoms with Gasteiger partial charge >= 0.3 is 0 Å². The minimum absolute atomic E-state index is 0.0398. The Morgan fingerprint density at radius 3 is 2.71 bits per heavy atom. The lowest BCUT2D eigenvalue weighted by Crippen LogP contribution is -2.25. The van der Waals surface area contributed by atoms with Crippen LogP contribution in [0.15, 0.2) is 21.6 Å². The number of aliphatic hydroxyl groups excluding tert-OH is 1. The predicted molar refractivity (Wildman–Crippen MR) is 74.4 cm³/mol. The van der Waals surface area contributed by atoms with Gasteiger partial charge in [0.2, 0.25) is 5.09 Å².